The number of anilines is 3. The van der Waals surface area contributed by atoms with E-state index in [1.165, 1.54) is 11.8 Å². The number of benzene rings is 2. The van der Waals surface area contributed by atoms with Crippen LogP contribution in [0.4, 0.5) is 17.3 Å². The predicted molar refractivity (Wildman–Crippen MR) is 187 cm³/mol. The number of aromatic nitrogens is 2. The van der Waals surface area contributed by atoms with Crippen LogP contribution < -0.4 is 26.6 Å². The molecule has 3 saturated heterocycles. The van der Waals surface area contributed by atoms with Crippen molar-refractivity contribution in [1.29, 1.82) is 0 Å². The zero-order valence-electron chi connectivity index (χ0n) is 27.2. The van der Waals surface area contributed by atoms with Gasteiger partial charge in [0.2, 0.25) is 11.8 Å². The van der Waals surface area contributed by atoms with E-state index in [4.69, 9.17) is 23.1 Å². The quantitative estimate of drug-likeness (QED) is 0.308. The van der Waals surface area contributed by atoms with Gasteiger partial charge in [-0.3, -0.25) is 34.3 Å². The van der Waals surface area contributed by atoms with Gasteiger partial charge in [-0.05, 0) is 56.0 Å². The molecule has 0 bridgehead atoms. The Bertz CT molecular complexity index is 1840. The molecule has 7 rings (SSSR count). The molecule has 0 spiro atoms. The van der Waals surface area contributed by atoms with E-state index >= 15 is 0 Å². The van der Waals surface area contributed by atoms with Crippen molar-refractivity contribution in [2.45, 2.75) is 60.7 Å². The van der Waals surface area contributed by atoms with E-state index in [-0.39, 0.29) is 29.5 Å². The molecule has 0 radical (unpaired) electrons. The Morgan fingerprint density at radius 1 is 0.980 bits per heavy atom. The zero-order chi connectivity index (χ0) is 34.4. The molecular formula is C34H38ClN9O4S. The minimum atomic E-state index is -0.982. The van der Waals surface area contributed by atoms with Crippen molar-refractivity contribution in [2.24, 2.45) is 5.73 Å². The molecule has 256 valence electrons. The number of fused-ring (bicyclic) bond motifs is 1. The summed E-state index contributed by atoms with van der Waals surface area (Å²) in [5.74, 6) is -0.905. The number of hydrogen-bond donors (Lipinski definition) is 3. The lowest BCUT2D eigenvalue weighted by atomic mass is 9.91. The summed E-state index contributed by atoms with van der Waals surface area (Å²) in [4.78, 5) is 68.1. The molecule has 3 aromatic rings. The molecule has 2 aromatic carbocycles. The van der Waals surface area contributed by atoms with Gasteiger partial charge in [-0.1, -0.05) is 35.5 Å². The number of amides is 4. The highest BCUT2D eigenvalue weighted by Crippen LogP contribution is 2.40. The van der Waals surface area contributed by atoms with Gasteiger partial charge >= 0.3 is 0 Å². The van der Waals surface area contributed by atoms with E-state index in [0.717, 1.165) is 79.0 Å². The molecule has 1 unspecified atom stereocenters. The normalized spacial score (nSPS) is 21.3. The van der Waals surface area contributed by atoms with Gasteiger partial charge in [0.25, 0.3) is 11.8 Å². The maximum Gasteiger partial charge on any atom is 0.262 e. The fraction of sp³-hybridized carbons (Fsp3) is 0.412. The number of carbonyl (C=O) groups is 4. The van der Waals surface area contributed by atoms with Gasteiger partial charge in [0.1, 0.15) is 16.9 Å². The third-order valence-electron chi connectivity index (χ3n) is 9.75. The van der Waals surface area contributed by atoms with E-state index in [9.17, 15) is 19.2 Å². The Labute approximate surface area is 293 Å². The molecule has 5 N–H and O–H groups in total. The van der Waals surface area contributed by atoms with Gasteiger partial charge in [0, 0.05) is 62.7 Å². The lowest BCUT2D eigenvalue weighted by molar-refractivity contribution is -0.136. The zero-order valence-corrected chi connectivity index (χ0v) is 28.7. The number of piperazine rings is 1. The number of halogens is 1. The number of piperidine rings is 2. The first-order valence-corrected chi connectivity index (χ1v) is 17.6. The van der Waals surface area contributed by atoms with Crippen LogP contribution in [0.25, 0.3) is 0 Å². The maximum atomic E-state index is 13.3. The van der Waals surface area contributed by atoms with Crippen LogP contribution >= 0.6 is 23.4 Å². The SMILES string of the molecule is CC1(N)CCN(c2cnc(Sc3cccc(N4CCN(Cc5ccc6c(c5)C(=O)N(C5CCC(=O)NC5=O)C6=O)CC4)c3Cl)c(N)n2)CC1. The molecule has 15 heteroatoms. The van der Waals surface area contributed by atoms with E-state index in [2.05, 4.69) is 36.9 Å². The van der Waals surface area contributed by atoms with Crippen LogP contribution in [0.5, 0.6) is 0 Å². The first-order valence-electron chi connectivity index (χ1n) is 16.4. The van der Waals surface area contributed by atoms with E-state index in [1.54, 1.807) is 18.3 Å². The average Bonchev–Trinajstić information content (AvgIpc) is 3.31. The number of hydrogen-bond acceptors (Lipinski definition) is 12. The van der Waals surface area contributed by atoms with Gasteiger partial charge in [-0.15, -0.1) is 0 Å². The smallest absolute Gasteiger partial charge is 0.262 e. The third kappa shape index (κ3) is 6.70. The lowest BCUT2D eigenvalue weighted by Gasteiger charge is -2.37. The summed E-state index contributed by atoms with van der Waals surface area (Å²) in [6, 6.07) is 10.2. The minimum Gasteiger partial charge on any atom is -0.381 e. The van der Waals surface area contributed by atoms with Crippen molar-refractivity contribution >= 4 is 64.3 Å². The Kier molecular flexibility index (Phi) is 8.98. The highest BCUT2D eigenvalue weighted by atomic mass is 35.5. The molecule has 4 aliphatic heterocycles. The largest absolute Gasteiger partial charge is 0.381 e. The summed E-state index contributed by atoms with van der Waals surface area (Å²) >= 11 is 8.36. The molecule has 5 heterocycles. The second kappa shape index (κ2) is 13.2. The summed E-state index contributed by atoms with van der Waals surface area (Å²) in [6.07, 6.45) is 3.74. The van der Waals surface area contributed by atoms with Crippen LogP contribution in [0.15, 0.2) is 52.5 Å². The Hall–Kier alpha value is -4.24. The number of nitrogen functional groups attached to an aromatic ring is 1. The van der Waals surface area contributed by atoms with Gasteiger partial charge in [-0.25, -0.2) is 9.97 Å². The van der Waals surface area contributed by atoms with Crippen molar-refractivity contribution in [3.8, 4) is 0 Å². The van der Waals surface area contributed by atoms with E-state index < -0.39 is 29.7 Å². The van der Waals surface area contributed by atoms with Gasteiger partial charge < -0.3 is 21.3 Å². The number of nitrogens with two attached hydrogens (primary N) is 2. The predicted octanol–water partition coefficient (Wildman–Crippen LogP) is 2.90. The van der Waals surface area contributed by atoms with Crippen molar-refractivity contribution in [2.75, 3.05) is 54.8 Å². The molecule has 3 fully saturated rings. The maximum absolute atomic E-state index is 13.3. The fourth-order valence-electron chi connectivity index (χ4n) is 6.81. The van der Waals surface area contributed by atoms with E-state index in [1.807, 2.05) is 24.3 Å². The van der Waals surface area contributed by atoms with Gasteiger partial charge in [0.15, 0.2) is 5.82 Å². The average molecular weight is 704 g/mol. The Balaban J connectivity index is 0.967. The van der Waals surface area contributed by atoms with Crippen molar-refractivity contribution in [3.63, 3.8) is 0 Å². The lowest BCUT2D eigenvalue weighted by Crippen LogP contribution is -2.54. The van der Waals surface area contributed by atoms with E-state index in [0.29, 0.717) is 22.4 Å². The summed E-state index contributed by atoms with van der Waals surface area (Å²) in [6.45, 7) is 7.32. The topological polar surface area (TPSA) is 171 Å². The van der Waals surface area contributed by atoms with Gasteiger partial charge in [0.05, 0.1) is 28.0 Å². The van der Waals surface area contributed by atoms with Crippen LogP contribution in [0.1, 0.15) is 58.9 Å². The second-order valence-electron chi connectivity index (χ2n) is 13.3. The molecular weight excluding hydrogens is 666 g/mol. The summed E-state index contributed by atoms with van der Waals surface area (Å²) in [5, 5.41) is 3.46. The highest BCUT2D eigenvalue weighted by molar-refractivity contribution is 7.99. The number of carbonyl (C=O) groups excluding carboxylic acids is 4. The second-order valence-corrected chi connectivity index (χ2v) is 14.7. The molecule has 1 aromatic heterocycles. The van der Waals surface area contributed by atoms with Crippen molar-refractivity contribution in [1.82, 2.24) is 25.1 Å². The molecule has 4 aliphatic rings. The standard InChI is InChI=1S/C34H38ClN9O4S/c1-34(37)9-11-43(12-10-34)26-18-38-31(29(36)39-26)49-25-4-2-3-23(28(25)35)42-15-13-41(14-16-42)19-20-5-6-21-22(17-20)33(48)44(32(21)47)24-7-8-27(45)40-30(24)46/h2-6,17-18,24H,7-16,19,37H2,1H3,(H2,36,39)(H,40,45,46). The summed E-state index contributed by atoms with van der Waals surface area (Å²) in [7, 11) is 0. The first kappa shape index (κ1) is 33.3. The van der Waals surface area contributed by atoms with Crippen LogP contribution in [0, 0.1) is 0 Å². The Morgan fingerprint density at radius 3 is 2.43 bits per heavy atom. The number of nitrogens with zero attached hydrogens (tertiary/aromatic N) is 6. The molecule has 49 heavy (non-hydrogen) atoms. The molecule has 0 saturated carbocycles. The summed E-state index contributed by atoms with van der Waals surface area (Å²) < 4.78 is 0. The number of rotatable bonds is 7. The molecule has 13 nitrogen and oxygen atoms in total. The third-order valence-corrected chi connectivity index (χ3v) is 11.3. The van der Waals surface area contributed by atoms with Crippen LogP contribution in [0.2, 0.25) is 5.02 Å². The van der Waals surface area contributed by atoms with Crippen LogP contribution in [0.3, 0.4) is 0 Å². The van der Waals surface area contributed by atoms with Crippen LogP contribution in [-0.2, 0) is 16.1 Å². The number of nitrogens with one attached hydrogen (secondary N) is 1. The van der Waals surface area contributed by atoms with Crippen molar-refractivity contribution in [3.05, 3.63) is 64.3 Å². The summed E-state index contributed by atoms with van der Waals surface area (Å²) in [5.41, 5.74) is 14.9. The molecule has 1 atom stereocenters. The molecule has 4 amide bonds. The van der Waals surface area contributed by atoms with Crippen LogP contribution in [-0.4, -0.2) is 94.2 Å². The van der Waals surface area contributed by atoms with Gasteiger partial charge in [-0.2, -0.15) is 0 Å². The fourth-order valence-corrected chi connectivity index (χ4v) is 7.97. The monoisotopic (exact) mass is 703 g/mol. The number of imide groups is 2. The molecule has 0 aliphatic carbocycles. The Morgan fingerprint density at radius 2 is 1.71 bits per heavy atom. The minimum absolute atomic E-state index is 0.0847. The van der Waals surface area contributed by atoms with Crippen molar-refractivity contribution < 1.29 is 19.2 Å². The highest BCUT2D eigenvalue weighted by Gasteiger charge is 2.44. The first-order chi connectivity index (χ1) is 23.5.